The molecular weight excluding hydrogens is 538 g/mol. The Kier molecular flexibility index (Phi) is 7.14. The molecule has 0 amide bonds. The van der Waals surface area contributed by atoms with Gasteiger partial charge in [0.25, 0.3) is 0 Å². The van der Waals surface area contributed by atoms with Gasteiger partial charge in [-0.2, -0.15) is 0 Å². The summed E-state index contributed by atoms with van der Waals surface area (Å²) in [5.74, 6) is -1.50. The third-order valence-corrected chi connectivity index (χ3v) is 12.0. The van der Waals surface area contributed by atoms with Crippen molar-refractivity contribution in [1.82, 2.24) is 0 Å². The first kappa shape index (κ1) is 29.4. The maximum Gasteiger partial charge on any atom is 0.331 e. The van der Waals surface area contributed by atoms with Crippen molar-refractivity contribution < 1.29 is 54.9 Å². The summed E-state index contributed by atoms with van der Waals surface area (Å²) in [6.45, 7) is 3.74. The molecule has 230 valence electrons. The van der Waals surface area contributed by atoms with E-state index in [0.29, 0.717) is 25.7 Å². The first-order valence-electron chi connectivity index (χ1n) is 14.8. The highest BCUT2D eigenvalue weighted by molar-refractivity contribution is 5.85. The van der Waals surface area contributed by atoms with Crippen molar-refractivity contribution in [3.63, 3.8) is 0 Å². The fourth-order valence-corrected chi connectivity index (χ4v) is 9.94. The van der Waals surface area contributed by atoms with Crippen LogP contribution in [0.3, 0.4) is 0 Å². The molecule has 0 aromatic carbocycles. The number of ether oxygens (including phenoxy) is 3. The molecule has 4 aliphatic carbocycles. The number of carbonyl (C=O) groups is 1. The van der Waals surface area contributed by atoms with Crippen molar-refractivity contribution in [2.45, 2.75) is 119 Å². The monoisotopic (exact) mass is 581 g/mol. The number of fused-ring (bicyclic) bond motifs is 5. The third-order valence-electron chi connectivity index (χ3n) is 12.0. The minimum absolute atomic E-state index is 0.0965. The van der Waals surface area contributed by atoms with Crippen LogP contribution in [0.1, 0.15) is 65.2 Å². The lowest BCUT2D eigenvalue weighted by atomic mass is 9.41. The fourth-order valence-electron chi connectivity index (χ4n) is 9.94. The van der Waals surface area contributed by atoms with E-state index in [1.165, 1.54) is 12.3 Å². The molecule has 6 aliphatic rings. The number of hydrogen-bond acceptors (Lipinski definition) is 12. The molecule has 5 fully saturated rings. The lowest BCUT2D eigenvalue weighted by molar-refractivity contribution is -0.318. The highest BCUT2D eigenvalue weighted by Gasteiger charge is 2.73. The first-order valence-corrected chi connectivity index (χ1v) is 14.8. The molecule has 0 aromatic heterocycles. The van der Waals surface area contributed by atoms with Crippen LogP contribution in [0.15, 0.2) is 16.8 Å². The first-order chi connectivity index (χ1) is 19.3. The maximum atomic E-state index is 12.4. The average Bonchev–Trinajstić information content (AvgIpc) is 3.46. The van der Waals surface area contributed by atoms with Crippen molar-refractivity contribution in [1.29, 1.82) is 0 Å². The zero-order chi connectivity index (χ0) is 29.5. The fraction of sp³-hybridized carbons (Fsp3) is 0.862. The topological polar surface area (TPSA) is 199 Å². The summed E-state index contributed by atoms with van der Waals surface area (Å²) in [6, 6.07) is 0. The normalized spacial score (nSPS) is 55.2. The van der Waals surface area contributed by atoms with Gasteiger partial charge in [-0.25, -0.2) is 4.79 Å². The number of hydrogen-bond donors (Lipinski definition) is 7. The van der Waals surface area contributed by atoms with Crippen molar-refractivity contribution in [2.75, 3.05) is 6.61 Å². The Balaban J connectivity index is 1.28. The van der Waals surface area contributed by atoms with Crippen LogP contribution in [-0.2, 0) is 19.0 Å². The van der Waals surface area contributed by atoms with E-state index in [0.717, 1.165) is 5.57 Å². The zero-order valence-corrected chi connectivity index (χ0v) is 23.5. The van der Waals surface area contributed by atoms with Crippen molar-refractivity contribution in [3.8, 4) is 0 Å². The highest BCUT2D eigenvalue weighted by Crippen LogP contribution is 2.70. The van der Waals surface area contributed by atoms with E-state index in [-0.39, 0.29) is 44.2 Å². The number of carbonyl (C=O) groups excluding carboxylic acids is 1. The maximum absolute atomic E-state index is 12.4. The number of oxime groups is 1. The molecule has 0 spiro atoms. The van der Waals surface area contributed by atoms with E-state index in [9.17, 15) is 40.6 Å². The Morgan fingerprint density at radius 3 is 2.46 bits per heavy atom. The lowest BCUT2D eigenvalue weighted by Gasteiger charge is -2.67. The van der Waals surface area contributed by atoms with Crippen LogP contribution in [0.25, 0.3) is 0 Å². The minimum Gasteiger partial charge on any atom is -0.458 e. The molecular formula is C29H43NO11. The molecule has 4 saturated carbocycles. The second-order valence-electron chi connectivity index (χ2n) is 13.7. The molecule has 41 heavy (non-hydrogen) atoms. The predicted octanol–water partition coefficient (Wildman–Crippen LogP) is -0.0181. The number of cyclic esters (lactones) is 1. The second kappa shape index (κ2) is 9.95. The average molecular weight is 582 g/mol. The molecule has 2 heterocycles. The Morgan fingerprint density at radius 1 is 1.02 bits per heavy atom. The SMILES string of the molecule is C[C@@H]1O[C@H](O[C@@H]2CC[C@]3(/C=N\O)[C@H]4[C@H](O)C[C@]5(C)[C@H](C6=CC(=O)OC6)CC[C@@]5(O)[C@H]4CC[C@]3(O)C2)[C@H](O)[C@H](O)[C@H]1O. The van der Waals surface area contributed by atoms with Gasteiger partial charge in [0.15, 0.2) is 6.29 Å². The van der Waals surface area contributed by atoms with Gasteiger partial charge in [-0.05, 0) is 69.3 Å². The number of esters is 1. The molecule has 0 aromatic rings. The molecule has 0 bridgehead atoms. The van der Waals surface area contributed by atoms with Crippen molar-refractivity contribution in [3.05, 3.63) is 11.6 Å². The van der Waals surface area contributed by atoms with Gasteiger partial charge in [0, 0.05) is 29.2 Å². The Hall–Kier alpha value is -1.64. The number of aliphatic hydroxyl groups excluding tert-OH is 4. The van der Waals surface area contributed by atoms with Crippen LogP contribution < -0.4 is 0 Å². The summed E-state index contributed by atoms with van der Waals surface area (Å²) in [5, 5.41) is 80.4. The summed E-state index contributed by atoms with van der Waals surface area (Å²) < 4.78 is 16.8. The van der Waals surface area contributed by atoms with Gasteiger partial charge in [-0.3, -0.25) is 0 Å². The van der Waals surface area contributed by atoms with Gasteiger partial charge in [0.1, 0.15) is 24.9 Å². The molecule has 12 heteroatoms. The number of rotatable bonds is 4. The van der Waals surface area contributed by atoms with Crippen molar-refractivity contribution in [2.24, 2.45) is 33.7 Å². The molecule has 2 aliphatic heterocycles. The molecule has 12 nitrogen and oxygen atoms in total. The zero-order valence-electron chi connectivity index (χ0n) is 23.5. The van der Waals surface area contributed by atoms with Gasteiger partial charge >= 0.3 is 5.97 Å². The summed E-state index contributed by atoms with van der Waals surface area (Å²) in [6.07, 6.45) is -2.02. The van der Waals surface area contributed by atoms with Gasteiger partial charge in [-0.1, -0.05) is 6.92 Å². The van der Waals surface area contributed by atoms with Crippen LogP contribution in [0.4, 0.5) is 0 Å². The molecule has 0 radical (unpaired) electrons. The van der Waals surface area contributed by atoms with E-state index in [1.54, 1.807) is 6.92 Å². The smallest absolute Gasteiger partial charge is 0.331 e. The standard InChI is InChI=1S/C29H43NO11/c1-14-22(33)23(34)24(35)25(40-14)41-16-3-6-27(13-30-38)21-18(4-7-28(27,36)10-16)29(37)8-5-17(15-9-20(32)39-12-15)26(29,2)11-19(21)31/h9,13-14,16-19,21-25,31,33-38H,3-8,10-12H2,1-2H3/b30-13-/t14-,16+,17-,18-,19+,21+,22-,23+,24+,25+,26+,27-,28-,29+/m0/s1. The van der Waals surface area contributed by atoms with E-state index >= 15 is 0 Å². The predicted molar refractivity (Wildman–Crippen MR) is 140 cm³/mol. The lowest BCUT2D eigenvalue weighted by Crippen LogP contribution is -2.72. The summed E-state index contributed by atoms with van der Waals surface area (Å²) in [4.78, 5) is 11.8. The van der Waals surface area contributed by atoms with Crippen LogP contribution >= 0.6 is 0 Å². The van der Waals surface area contributed by atoms with Crippen LogP contribution in [0, 0.1) is 28.6 Å². The van der Waals surface area contributed by atoms with Crippen molar-refractivity contribution >= 4 is 12.2 Å². The van der Waals surface area contributed by atoms with E-state index < -0.39 is 76.8 Å². The molecule has 14 atom stereocenters. The van der Waals surface area contributed by atoms with Crippen LogP contribution in [0.2, 0.25) is 0 Å². The summed E-state index contributed by atoms with van der Waals surface area (Å²) in [5.41, 5.74) is -3.65. The van der Waals surface area contributed by atoms with Crippen LogP contribution in [-0.4, -0.2) is 109 Å². The molecule has 0 unspecified atom stereocenters. The Labute approximate surface area is 238 Å². The Morgan fingerprint density at radius 2 is 1.78 bits per heavy atom. The third kappa shape index (κ3) is 4.09. The van der Waals surface area contributed by atoms with Crippen LogP contribution in [0.5, 0.6) is 0 Å². The molecule has 1 saturated heterocycles. The largest absolute Gasteiger partial charge is 0.458 e. The summed E-state index contributed by atoms with van der Waals surface area (Å²) >= 11 is 0. The van der Waals surface area contributed by atoms with Gasteiger partial charge in [-0.15, -0.1) is 5.16 Å². The van der Waals surface area contributed by atoms with Gasteiger partial charge < -0.3 is 50.1 Å². The quantitative estimate of drug-likeness (QED) is 0.0774. The number of aliphatic hydroxyl groups is 6. The Bertz CT molecular complexity index is 1120. The van der Waals surface area contributed by atoms with E-state index in [2.05, 4.69) is 5.16 Å². The van der Waals surface area contributed by atoms with Gasteiger partial charge in [0.05, 0.1) is 35.7 Å². The van der Waals surface area contributed by atoms with Gasteiger partial charge in [0.2, 0.25) is 0 Å². The highest BCUT2D eigenvalue weighted by atomic mass is 16.7. The number of nitrogens with zero attached hydrogens (tertiary/aromatic N) is 1. The second-order valence-corrected chi connectivity index (χ2v) is 13.7. The molecule has 7 N–H and O–H groups in total. The summed E-state index contributed by atoms with van der Waals surface area (Å²) in [7, 11) is 0. The molecule has 6 rings (SSSR count). The minimum atomic E-state index is -1.48. The van der Waals surface area contributed by atoms with E-state index in [4.69, 9.17) is 14.2 Å². The van der Waals surface area contributed by atoms with E-state index in [1.807, 2.05) is 6.92 Å².